The fourth-order valence-corrected chi connectivity index (χ4v) is 1.89. The van der Waals surface area contributed by atoms with E-state index in [2.05, 4.69) is 5.32 Å². The summed E-state index contributed by atoms with van der Waals surface area (Å²) in [4.78, 5) is 0. The minimum absolute atomic E-state index is 0. The highest BCUT2D eigenvalue weighted by atomic mass is 35.5. The molecule has 14 heavy (non-hydrogen) atoms. The lowest BCUT2D eigenvalue weighted by molar-refractivity contribution is 0.618. The number of rotatable bonds is 1. The number of hydrogen-bond donors (Lipinski definition) is 1. The summed E-state index contributed by atoms with van der Waals surface area (Å²) in [5, 5.41) is 3.55. The molecule has 78 valence electrons. The molecule has 1 aromatic rings. The lowest BCUT2D eigenvalue weighted by Crippen LogP contribution is -2.12. The van der Waals surface area contributed by atoms with Crippen molar-refractivity contribution in [1.29, 1.82) is 0 Å². The molecule has 0 saturated carbocycles. The van der Waals surface area contributed by atoms with Crippen molar-refractivity contribution in [2.75, 3.05) is 6.54 Å². The number of halogens is 3. The normalized spacial score (nSPS) is 20.6. The van der Waals surface area contributed by atoms with Crippen LogP contribution in [0, 0.1) is 5.82 Å². The first-order chi connectivity index (χ1) is 6.27. The van der Waals surface area contributed by atoms with Crippen LogP contribution in [-0.2, 0) is 0 Å². The largest absolute Gasteiger partial charge is 0.310 e. The van der Waals surface area contributed by atoms with E-state index in [1.54, 1.807) is 12.1 Å². The lowest BCUT2D eigenvalue weighted by Gasteiger charge is -2.10. The quantitative estimate of drug-likeness (QED) is 0.788. The second-order valence-electron chi connectivity index (χ2n) is 3.32. The molecule has 4 heteroatoms. The van der Waals surface area contributed by atoms with E-state index in [0.717, 1.165) is 18.5 Å². The van der Waals surface area contributed by atoms with Gasteiger partial charge in [0.15, 0.2) is 0 Å². The minimum atomic E-state index is -0.344. The summed E-state index contributed by atoms with van der Waals surface area (Å²) in [6.45, 7) is 1.04. The average molecular weight is 236 g/mol. The van der Waals surface area contributed by atoms with Crippen molar-refractivity contribution in [1.82, 2.24) is 5.32 Å². The van der Waals surface area contributed by atoms with Gasteiger partial charge in [-0.25, -0.2) is 4.39 Å². The summed E-state index contributed by atoms with van der Waals surface area (Å²) >= 11 is 5.69. The Morgan fingerprint density at radius 3 is 2.79 bits per heavy atom. The average Bonchev–Trinajstić information content (AvgIpc) is 2.62. The highest BCUT2D eigenvalue weighted by Gasteiger charge is 2.16. The second-order valence-corrected chi connectivity index (χ2v) is 3.73. The zero-order chi connectivity index (χ0) is 9.26. The number of benzene rings is 1. The molecule has 0 aliphatic carbocycles. The van der Waals surface area contributed by atoms with E-state index < -0.39 is 0 Å². The van der Waals surface area contributed by atoms with E-state index >= 15 is 0 Å². The molecule has 1 fully saturated rings. The van der Waals surface area contributed by atoms with Gasteiger partial charge in [-0.15, -0.1) is 12.4 Å². The predicted molar refractivity (Wildman–Crippen MR) is 58.6 cm³/mol. The van der Waals surface area contributed by atoms with Gasteiger partial charge >= 0.3 is 0 Å². The topological polar surface area (TPSA) is 12.0 Å². The zero-order valence-electron chi connectivity index (χ0n) is 7.59. The molecule has 1 saturated heterocycles. The number of hydrogen-bond acceptors (Lipinski definition) is 1. The van der Waals surface area contributed by atoms with E-state index in [1.807, 2.05) is 0 Å². The van der Waals surface area contributed by atoms with Gasteiger partial charge < -0.3 is 5.32 Å². The van der Waals surface area contributed by atoms with Gasteiger partial charge in [0.2, 0.25) is 0 Å². The Kier molecular flexibility index (Phi) is 4.17. The van der Waals surface area contributed by atoms with E-state index in [9.17, 15) is 4.39 Å². The third kappa shape index (κ3) is 2.38. The Morgan fingerprint density at radius 1 is 1.43 bits per heavy atom. The highest BCUT2D eigenvalue weighted by Crippen LogP contribution is 2.26. The molecular weight excluding hydrogens is 224 g/mol. The van der Waals surface area contributed by atoms with Crippen LogP contribution >= 0.6 is 24.0 Å². The first kappa shape index (κ1) is 11.8. The Bertz CT molecular complexity index is 311. The molecule has 0 spiro atoms. The molecule has 0 unspecified atom stereocenters. The molecule has 1 N–H and O–H groups in total. The Morgan fingerprint density at radius 2 is 2.21 bits per heavy atom. The van der Waals surface area contributed by atoms with E-state index in [0.29, 0.717) is 6.04 Å². The molecule has 0 aromatic heterocycles. The van der Waals surface area contributed by atoms with Gasteiger partial charge in [-0.05, 0) is 37.1 Å². The maximum Gasteiger partial charge on any atom is 0.141 e. The minimum Gasteiger partial charge on any atom is -0.310 e. The van der Waals surface area contributed by atoms with Crippen molar-refractivity contribution in [3.8, 4) is 0 Å². The molecule has 1 aliphatic heterocycles. The molecule has 0 amide bonds. The van der Waals surface area contributed by atoms with Crippen molar-refractivity contribution < 1.29 is 4.39 Å². The van der Waals surface area contributed by atoms with Gasteiger partial charge in [0.25, 0.3) is 0 Å². The molecule has 1 atom stereocenters. The van der Waals surface area contributed by atoms with E-state index in [1.165, 1.54) is 12.5 Å². The van der Waals surface area contributed by atoms with Crippen LogP contribution in [0.2, 0.25) is 5.02 Å². The highest BCUT2D eigenvalue weighted by molar-refractivity contribution is 6.30. The van der Waals surface area contributed by atoms with Crippen LogP contribution in [0.4, 0.5) is 4.39 Å². The van der Waals surface area contributed by atoms with Crippen LogP contribution in [0.15, 0.2) is 18.2 Å². The summed E-state index contributed by atoms with van der Waals surface area (Å²) in [5.74, 6) is -0.344. The fourth-order valence-electron chi connectivity index (χ4n) is 1.70. The van der Waals surface area contributed by atoms with Crippen molar-refractivity contribution >= 4 is 24.0 Å². The molecular formula is C10H12Cl2FN. The van der Waals surface area contributed by atoms with Gasteiger partial charge in [-0.1, -0.05) is 17.7 Å². The predicted octanol–water partition coefficient (Wildman–Crippen LogP) is 3.33. The molecule has 1 heterocycles. The standard InChI is InChI=1S/C10H11ClFN.ClH/c11-8-6-7(3-4-9(8)12)10-2-1-5-13-10;/h3-4,6,10,13H,1-2,5H2;1H/t10-;/m1./s1. The summed E-state index contributed by atoms with van der Waals surface area (Å²) < 4.78 is 12.8. The lowest BCUT2D eigenvalue weighted by atomic mass is 10.1. The molecule has 0 bridgehead atoms. The van der Waals surface area contributed by atoms with Crippen molar-refractivity contribution in [3.63, 3.8) is 0 Å². The molecule has 2 rings (SSSR count). The summed E-state index contributed by atoms with van der Waals surface area (Å²) in [6, 6.07) is 5.29. The Balaban J connectivity index is 0.000000980. The van der Waals surface area contributed by atoms with Gasteiger partial charge in [0.05, 0.1) is 5.02 Å². The van der Waals surface area contributed by atoms with Crippen molar-refractivity contribution in [3.05, 3.63) is 34.6 Å². The van der Waals surface area contributed by atoms with E-state index in [4.69, 9.17) is 11.6 Å². The van der Waals surface area contributed by atoms with Crippen molar-refractivity contribution in [2.24, 2.45) is 0 Å². The van der Waals surface area contributed by atoms with Crippen LogP contribution < -0.4 is 5.32 Å². The maximum atomic E-state index is 12.8. The number of nitrogens with one attached hydrogen (secondary N) is 1. The SMILES string of the molecule is Cl.Fc1ccc([C@H]2CCCN2)cc1Cl. The Labute approximate surface area is 94.1 Å². The monoisotopic (exact) mass is 235 g/mol. The van der Waals surface area contributed by atoms with Crippen LogP contribution in [0.1, 0.15) is 24.4 Å². The zero-order valence-corrected chi connectivity index (χ0v) is 9.17. The first-order valence-corrected chi connectivity index (χ1v) is 4.83. The third-order valence-electron chi connectivity index (χ3n) is 2.41. The van der Waals surface area contributed by atoms with Crippen LogP contribution in [0.25, 0.3) is 0 Å². The molecule has 1 nitrogen and oxygen atoms in total. The van der Waals surface area contributed by atoms with Crippen LogP contribution in [-0.4, -0.2) is 6.54 Å². The molecule has 1 aromatic carbocycles. The van der Waals surface area contributed by atoms with Gasteiger partial charge in [-0.2, -0.15) is 0 Å². The molecule has 0 radical (unpaired) electrons. The van der Waals surface area contributed by atoms with Crippen molar-refractivity contribution in [2.45, 2.75) is 18.9 Å². The van der Waals surface area contributed by atoms with Gasteiger partial charge in [0.1, 0.15) is 5.82 Å². The third-order valence-corrected chi connectivity index (χ3v) is 2.70. The second kappa shape index (κ2) is 4.96. The smallest absolute Gasteiger partial charge is 0.141 e. The summed E-state index contributed by atoms with van der Waals surface area (Å²) in [5.41, 5.74) is 1.09. The fraction of sp³-hybridized carbons (Fsp3) is 0.400. The van der Waals surface area contributed by atoms with Gasteiger partial charge in [-0.3, -0.25) is 0 Å². The summed E-state index contributed by atoms with van der Waals surface area (Å²) in [6.07, 6.45) is 2.29. The van der Waals surface area contributed by atoms with Crippen LogP contribution in [0.5, 0.6) is 0 Å². The first-order valence-electron chi connectivity index (χ1n) is 4.46. The summed E-state index contributed by atoms with van der Waals surface area (Å²) in [7, 11) is 0. The van der Waals surface area contributed by atoms with Crippen LogP contribution in [0.3, 0.4) is 0 Å². The Hall–Kier alpha value is -0.310. The van der Waals surface area contributed by atoms with E-state index in [-0.39, 0.29) is 23.2 Å². The maximum absolute atomic E-state index is 12.8. The molecule has 1 aliphatic rings. The van der Waals surface area contributed by atoms with Gasteiger partial charge in [0, 0.05) is 6.04 Å².